The molecule has 0 aliphatic heterocycles. The molecule has 2 heterocycles. The smallest absolute Gasteiger partial charge is 0.282 e. The third-order valence-electron chi connectivity index (χ3n) is 2.18. The Hall–Kier alpha value is -3.92. The molecular weight excluding hydrogens is 372 g/mol. The van der Waals surface area contributed by atoms with E-state index in [1.807, 2.05) is 6.92 Å². The molecule has 16 nitrogen and oxygen atoms in total. The molecule has 2 rings (SSSR count). The Bertz CT molecular complexity index is 689. The van der Waals surface area contributed by atoms with Crippen LogP contribution >= 0.6 is 0 Å². The highest BCUT2D eigenvalue weighted by Gasteiger charge is 1.96. The molecule has 2 aromatic heterocycles. The normalized spacial score (nSPS) is 9.71. The van der Waals surface area contributed by atoms with Crippen molar-refractivity contribution in [3.63, 3.8) is 0 Å². The molecule has 0 saturated carbocycles. The number of nitrogens with zero attached hydrogens (tertiary/aromatic N) is 10. The van der Waals surface area contributed by atoms with Crippen LogP contribution in [0.1, 0.15) is 18.6 Å². The van der Waals surface area contributed by atoms with E-state index in [-0.39, 0.29) is 31.0 Å². The lowest BCUT2D eigenvalue weighted by atomic mass is 10.5. The number of hydrazone groups is 1. The van der Waals surface area contributed by atoms with E-state index in [0.29, 0.717) is 18.1 Å². The number of aromatic nitrogens is 8. The van der Waals surface area contributed by atoms with Gasteiger partial charge in [0.15, 0.2) is 24.2 Å². The van der Waals surface area contributed by atoms with Crippen LogP contribution < -0.4 is 22.4 Å². The Morgan fingerprint density at radius 1 is 0.893 bits per heavy atom. The maximum Gasteiger partial charge on any atom is 0.282 e. The summed E-state index contributed by atoms with van der Waals surface area (Å²) in [6.45, 7) is 2.16. The van der Waals surface area contributed by atoms with Crippen molar-refractivity contribution < 1.29 is 9.59 Å². The number of hydrogen-bond donors (Lipinski definition) is 4. The predicted molar refractivity (Wildman–Crippen MR) is 99.0 cm³/mol. The zero-order valence-electron chi connectivity index (χ0n) is 15.2. The molecule has 0 fully saturated rings. The average Bonchev–Trinajstić information content (AvgIpc) is 2.77. The van der Waals surface area contributed by atoms with Gasteiger partial charge >= 0.3 is 0 Å². The van der Waals surface area contributed by atoms with Crippen molar-refractivity contribution in [3.05, 3.63) is 11.6 Å². The van der Waals surface area contributed by atoms with E-state index in [0.717, 1.165) is 0 Å². The molecule has 0 radical (unpaired) electrons. The molecule has 0 amide bonds. The summed E-state index contributed by atoms with van der Waals surface area (Å²) >= 11 is 0. The zero-order valence-corrected chi connectivity index (χ0v) is 15.2. The first-order valence-corrected chi connectivity index (χ1v) is 7.53. The number of aryl methyl sites for hydroxylation is 1. The van der Waals surface area contributed by atoms with Crippen molar-refractivity contribution in [2.45, 2.75) is 19.9 Å². The third kappa shape index (κ3) is 11.6. The number of hydrazine groups is 1. The molecule has 0 spiro atoms. The quantitative estimate of drug-likeness (QED) is 0.123. The topological polar surface area (TPSA) is 238 Å². The molecule has 28 heavy (non-hydrogen) atoms. The summed E-state index contributed by atoms with van der Waals surface area (Å²) in [7, 11) is 1.65. The molecule has 150 valence electrons. The van der Waals surface area contributed by atoms with Gasteiger partial charge in [0, 0.05) is 19.7 Å². The number of rotatable bonds is 7. The minimum Gasteiger partial charge on any atom is -0.324 e. The highest BCUT2D eigenvalue weighted by Crippen LogP contribution is 1.92. The second kappa shape index (κ2) is 16.5. The number of anilines is 2. The summed E-state index contributed by atoms with van der Waals surface area (Å²) in [5, 5.41) is 33.1. The molecule has 0 aliphatic rings. The van der Waals surface area contributed by atoms with Gasteiger partial charge in [-0.2, -0.15) is 5.10 Å². The van der Waals surface area contributed by atoms with Crippen molar-refractivity contribution in [1.29, 1.82) is 0 Å². The van der Waals surface area contributed by atoms with Crippen molar-refractivity contribution in [1.82, 2.24) is 40.8 Å². The van der Waals surface area contributed by atoms with E-state index < -0.39 is 0 Å². The summed E-state index contributed by atoms with van der Waals surface area (Å²) in [5.41, 5.74) is 9.94. The van der Waals surface area contributed by atoms with Gasteiger partial charge in [-0.1, -0.05) is 6.92 Å². The summed E-state index contributed by atoms with van der Waals surface area (Å²) in [5.74, 6) is 6.39. The van der Waals surface area contributed by atoms with Gasteiger partial charge < -0.3 is 5.73 Å². The lowest BCUT2D eigenvalue weighted by Crippen LogP contribution is -2.14. The summed E-state index contributed by atoms with van der Waals surface area (Å²) in [6, 6.07) is 0. The van der Waals surface area contributed by atoms with Gasteiger partial charge in [-0.3, -0.25) is 20.0 Å². The summed E-state index contributed by atoms with van der Waals surface area (Å²) in [4.78, 5) is 21.3. The monoisotopic (exact) mass is 392 g/mol. The highest BCUT2D eigenvalue weighted by molar-refractivity contribution is 6.16. The van der Waals surface area contributed by atoms with E-state index >= 15 is 0 Å². The number of aldehydes is 2. The minimum atomic E-state index is 0.178. The first-order chi connectivity index (χ1) is 13.6. The van der Waals surface area contributed by atoms with E-state index in [1.54, 1.807) is 7.05 Å². The Labute approximate surface area is 159 Å². The van der Waals surface area contributed by atoms with Crippen LogP contribution in [0.5, 0.6) is 0 Å². The van der Waals surface area contributed by atoms with Gasteiger partial charge in [-0.25, -0.2) is 11.3 Å². The van der Waals surface area contributed by atoms with Gasteiger partial charge in [0.2, 0.25) is 0 Å². The second-order valence-corrected chi connectivity index (χ2v) is 4.05. The summed E-state index contributed by atoms with van der Waals surface area (Å²) < 4.78 is 0. The maximum absolute atomic E-state index is 8.81. The van der Waals surface area contributed by atoms with Gasteiger partial charge in [-0.15, -0.1) is 40.8 Å². The number of aliphatic imine (C=N–C) groups is 1. The SMILES string of the molecule is CCc1nnc(N/N=C/C=NC)nn1.NCc1nnc(NN)nn1.O=CC=O. The lowest BCUT2D eigenvalue weighted by Gasteiger charge is -1.95. The van der Waals surface area contributed by atoms with Crippen LogP contribution in [-0.4, -0.2) is 72.8 Å². The Kier molecular flexibility index (Phi) is 14.2. The van der Waals surface area contributed by atoms with Gasteiger partial charge in [0.05, 0.1) is 12.8 Å². The standard InChI is InChI=1S/C7H11N7.C3H7N7.C2H2O2/c1-3-6-10-13-7(14-11-6)12-9-5-4-8-2;4-1-2-7-9-3(6-5)10-8-2;3-1-2-4/h4-5H,3H2,1-2H3,(H,12,13,14);1,4-5H2,(H,6,9,10);1-2H/b8-4?,9-5+;;. The first-order valence-electron chi connectivity index (χ1n) is 7.53. The third-order valence-corrected chi connectivity index (χ3v) is 2.18. The zero-order chi connectivity index (χ0) is 21.0. The predicted octanol–water partition coefficient (Wildman–Crippen LogP) is -2.68. The summed E-state index contributed by atoms with van der Waals surface area (Å²) in [6.07, 6.45) is 4.12. The molecule has 0 aliphatic carbocycles. The molecule has 0 bridgehead atoms. The molecule has 2 aromatic rings. The molecule has 16 heteroatoms. The van der Waals surface area contributed by atoms with Crippen LogP contribution in [0.15, 0.2) is 10.1 Å². The van der Waals surface area contributed by atoms with Gasteiger partial charge in [0.25, 0.3) is 11.9 Å². The Morgan fingerprint density at radius 2 is 1.43 bits per heavy atom. The number of nitrogens with one attached hydrogen (secondary N) is 2. The molecule has 0 saturated heterocycles. The van der Waals surface area contributed by atoms with E-state index in [2.05, 4.69) is 61.7 Å². The van der Waals surface area contributed by atoms with E-state index in [1.165, 1.54) is 12.4 Å². The number of nitrogen functional groups attached to an aromatic ring is 1. The van der Waals surface area contributed by atoms with Crippen molar-refractivity contribution in [3.8, 4) is 0 Å². The molecular formula is C12H20N14O2. The number of hydrogen-bond acceptors (Lipinski definition) is 16. The van der Waals surface area contributed by atoms with Crippen LogP contribution in [-0.2, 0) is 22.6 Å². The second-order valence-electron chi connectivity index (χ2n) is 4.05. The van der Waals surface area contributed by atoms with Crippen LogP contribution in [0.4, 0.5) is 11.9 Å². The van der Waals surface area contributed by atoms with E-state index in [4.69, 9.17) is 21.2 Å². The number of carbonyl (C=O) groups excluding carboxylic acids is 2. The Balaban J connectivity index is 0.000000454. The number of carbonyl (C=O) groups is 2. The van der Waals surface area contributed by atoms with Gasteiger partial charge in [0.1, 0.15) is 0 Å². The first kappa shape index (κ1) is 24.1. The van der Waals surface area contributed by atoms with Crippen molar-refractivity contribution in [2.24, 2.45) is 21.7 Å². The fourth-order valence-electron chi connectivity index (χ4n) is 1.02. The van der Waals surface area contributed by atoms with E-state index in [9.17, 15) is 0 Å². The largest absolute Gasteiger partial charge is 0.324 e. The highest BCUT2D eigenvalue weighted by atomic mass is 16.2. The molecule has 6 N–H and O–H groups in total. The van der Waals surface area contributed by atoms with Crippen LogP contribution in [0.25, 0.3) is 0 Å². The number of nitrogens with two attached hydrogens (primary N) is 2. The van der Waals surface area contributed by atoms with Crippen LogP contribution in [0.2, 0.25) is 0 Å². The van der Waals surface area contributed by atoms with Crippen molar-refractivity contribution >= 4 is 36.9 Å². The lowest BCUT2D eigenvalue weighted by molar-refractivity contribution is -0.122. The van der Waals surface area contributed by atoms with Crippen molar-refractivity contribution in [2.75, 3.05) is 17.9 Å². The Morgan fingerprint density at radius 3 is 1.86 bits per heavy atom. The fraction of sp³-hybridized carbons (Fsp3) is 0.333. The molecule has 0 unspecified atom stereocenters. The van der Waals surface area contributed by atoms with Crippen LogP contribution in [0, 0.1) is 0 Å². The van der Waals surface area contributed by atoms with Crippen LogP contribution in [0.3, 0.4) is 0 Å². The minimum absolute atomic E-state index is 0.178. The maximum atomic E-state index is 8.81. The molecule has 0 aromatic carbocycles. The fourth-order valence-corrected chi connectivity index (χ4v) is 1.02. The molecule has 0 atom stereocenters. The average molecular weight is 392 g/mol. The van der Waals surface area contributed by atoms with Gasteiger partial charge in [-0.05, 0) is 0 Å².